The number of benzene rings is 2. The third-order valence-electron chi connectivity index (χ3n) is 2.70. The van der Waals surface area contributed by atoms with Crippen molar-refractivity contribution in [1.82, 2.24) is 0 Å². The van der Waals surface area contributed by atoms with Gasteiger partial charge in [-0.15, -0.1) is 0 Å². The topological polar surface area (TPSA) is 26.3 Å². The highest BCUT2D eigenvalue weighted by Gasteiger charge is 2.18. The number of ether oxygens (including phenoxy) is 1. The van der Waals surface area contributed by atoms with E-state index in [-0.39, 0.29) is 17.1 Å². The molecule has 0 saturated heterocycles. The van der Waals surface area contributed by atoms with Crippen LogP contribution < -0.4 is 4.74 Å². The zero-order chi connectivity index (χ0) is 13.1. The molecule has 3 heteroatoms. The van der Waals surface area contributed by atoms with E-state index < -0.39 is 5.82 Å². The first-order chi connectivity index (χ1) is 8.63. The number of hydrogen-bond donors (Lipinski definition) is 0. The summed E-state index contributed by atoms with van der Waals surface area (Å²) in [6.45, 7) is 1.88. The van der Waals surface area contributed by atoms with Gasteiger partial charge in [0.25, 0.3) is 0 Å². The number of aryl methyl sites for hydroxylation is 1. The van der Waals surface area contributed by atoms with Gasteiger partial charge in [-0.3, -0.25) is 4.79 Å². The van der Waals surface area contributed by atoms with E-state index in [0.717, 1.165) is 5.56 Å². The molecule has 2 aromatic carbocycles. The van der Waals surface area contributed by atoms with Crippen molar-refractivity contribution in [3.8, 4) is 5.75 Å². The summed E-state index contributed by atoms with van der Waals surface area (Å²) in [5.74, 6) is -0.684. The van der Waals surface area contributed by atoms with E-state index in [9.17, 15) is 9.18 Å². The molecule has 0 bridgehead atoms. The first kappa shape index (κ1) is 12.3. The van der Waals surface area contributed by atoms with E-state index in [0.29, 0.717) is 5.56 Å². The molecular formula is C15H13FO2. The van der Waals surface area contributed by atoms with Gasteiger partial charge in [-0.05, 0) is 25.1 Å². The van der Waals surface area contributed by atoms with Crippen LogP contribution in [0.5, 0.6) is 5.75 Å². The van der Waals surface area contributed by atoms with Gasteiger partial charge in [0.1, 0.15) is 17.1 Å². The minimum atomic E-state index is -0.569. The van der Waals surface area contributed by atoms with Crippen LogP contribution in [0.2, 0.25) is 0 Å². The fraction of sp³-hybridized carbons (Fsp3) is 0.133. The van der Waals surface area contributed by atoms with Crippen molar-refractivity contribution in [1.29, 1.82) is 0 Å². The Morgan fingerprint density at radius 1 is 1.17 bits per heavy atom. The maximum absolute atomic E-state index is 13.8. The summed E-state index contributed by atoms with van der Waals surface area (Å²) in [5.41, 5.74) is 1.39. The van der Waals surface area contributed by atoms with Crippen molar-refractivity contribution >= 4 is 5.78 Å². The molecule has 0 fully saturated rings. The molecular weight excluding hydrogens is 231 g/mol. The molecule has 2 aromatic rings. The lowest BCUT2D eigenvalue weighted by Crippen LogP contribution is -2.07. The fourth-order valence-corrected chi connectivity index (χ4v) is 1.83. The molecule has 0 atom stereocenters. The molecule has 0 spiro atoms. The number of carbonyl (C=O) groups excluding carboxylic acids is 1. The summed E-state index contributed by atoms with van der Waals surface area (Å²) in [7, 11) is 1.42. The van der Waals surface area contributed by atoms with Crippen molar-refractivity contribution in [2.75, 3.05) is 7.11 Å². The van der Waals surface area contributed by atoms with Gasteiger partial charge in [0.05, 0.1) is 7.11 Å². The highest BCUT2D eigenvalue weighted by molar-refractivity contribution is 6.11. The molecule has 2 nitrogen and oxygen atoms in total. The van der Waals surface area contributed by atoms with Crippen LogP contribution in [0, 0.1) is 12.7 Å². The Balaban J connectivity index is 2.52. The van der Waals surface area contributed by atoms with Crippen molar-refractivity contribution in [2.24, 2.45) is 0 Å². The normalized spacial score (nSPS) is 10.2. The quantitative estimate of drug-likeness (QED) is 0.774. The average Bonchev–Trinajstić information content (AvgIpc) is 2.37. The predicted octanol–water partition coefficient (Wildman–Crippen LogP) is 3.37. The standard InChI is InChI=1S/C15H13FO2/c1-10-5-3-6-11(9-10)15(17)14-12(16)7-4-8-13(14)18-2/h3-9H,1-2H3. The molecule has 0 N–H and O–H groups in total. The summed E-state index contributed by atoms with van der Waals surface area (Å²) < 4.78 is 18.8. The van der Waals surface area contributed by atoms with Gasteiger partial charge >= 0.3 is 0 Å². The molecule has 92 valence electrons. The van der Waals surface area contributed by atoms with Gasteiger partial charge in [0.2, 0.25) is 0 Å². The molecule has 2 rings (SSSR count). The summed E-state index contributed by atoms with van der Waals surface area (Å²) in [6, 6.07) is 11.4. The molecule has 0 heterocycles. The van der Waals surface area contributed by atoms with Gasteiger partial charge in [-0.25, -0.2) is 4.39 Å². The second-order valence-corrected chi connectivity index (χ2v) is 4.02. The molecule has 18 heavy (non-hydrogen) atoms. The summed E-state index contributed by atoms with van der Waals surface area (Å²) in [6.07, 6.45) is 0. The zero-order valence-corrected chi connectivity index (χ0v) is 10.2. The molecule has 0 radical (unpaired) electrons. The molecule has 0 aliphatic heterocycles. The Morgan fingerprint density at radius 3 is 2.56 bits per heavy atom. The van der Waals surface area contributed by atoms with Gasteiger partial charge in [0, 0.05) is 5.56 Å². The molecule has 0 amide bonds. The van der Waals surface area contributed by atoms with E-state index in [1.54, 1.807) is 24.3 Å². The number of hydrogen-bond acceptors (Lipinski definition) is 2. The van der Waals surface area contributed by atoms with Crippen LogP contribution >= 0.6 is 0 Å². The minimum Gasteiger partial charge on any atom is -0.496 e. The third-order valence-corrected chi connectivity index (χ3v) is 2.70. The Labute approximate surface area is 105 Å². The monoisotopic (exact) mass is 244 g/mol. The maximum atomic E-state index is 13.8. The second-order valence-electron chi connectivity index (χ2n) is 4.02. The number of methoxy groups -OCH3 is 1. The molecule has 0 aliphatic rings. The number of carbonyl (C=O) groups is 1. The largest absolute Gasteiger partial charge is 0.496 e. The van der Waals surface area contributed by atoms with Crippen molar-refractivity contribution in [3.05, 3.63) is 65.0 Å². The first-order valence-electron chi connectivity index (χ1n) is 5.57. The summed E-state index contributed by atoms with van der Waals surface area (Å²) >= 11 is 0. The smallest absolute Gasteiger partial charge is 0.199 e. The van der Waals surface area contributed by atoms with Gasteiger partial charge in [-0.2, -0.15) is 0 Å². The second kappa shape index (κ2) is 5.00. The van der Waals surface area contributed by atoms with E-state index in [1.807, 2.05) is 13.0 Å². The SMILES string of the molecule is COc1cccc(F)c1C(=O)c1cccc(C)c1. The lowest BCUT2D eigenvalue weighted by Gasteiger charge is -2.08. The lowest BCUT2D eigenvalue weighted by molar-refractivity contribution is 0.103. The first-order valence-corrected chi connectivity index (χ1v) is 5.57. The lowest BCUT2D eigenvalue weighted by atomic mass is 10.0. The highest BCUT2D eigenvalue weighted by atomic mass is 19.1. The predicted molar refractivity (Wildman–Crippen MR) is 67.6 cm³/mol. The van der Waals surface area contributed by atoms with Crippen LogP contribution in [-0.2, 0) is 0 Å². The molecule has 0 unspecified atom stereocenters. The number of rotatable bonds is 3. The minimum absolute atomic E-state index is 0.0226. The van der Waals surface area contributed by atoms with Crippen LogP contribution in [0.15, 0.2) is 42.5 Å². The van der Waals surface area contributed by atoms with E-state index in [1.165, 1.54) is 19.2 Å². The molecule has 0 aromatic heterocycles. The van der Waals surface area contributed by atoms with Crippen LogP contribution in [0.1, 0.15) is 21.5 Å². The number of halogens is 1. The van der Waals surface area contributed by atoms with Gasteiger partial charge in [-0.1, -0.05) is 29.8 Å². The van der Waals surface area contributed by atoms with Gasteiger partial charge < -0.3 is 4.74 Å². The van der Waals surface area contributed by atoms with Crippen molar-refractivity contribution < 1.29 is 13.9 Å². The third kappa shape index (κ3) is 2.25. The van der Waals surface area contributed by atoms with E-state index in [4.69, 9.17) is 4.74 Å². The van der Waals surface area contributed by atoms with Crippen molar-refractivity contribution in [2.45, 2.75) is 6.92 Å². The van der Waals surface area contributed by atoms with Crippen LogP contribution in [0.3, 0.4) is 0 Å². The van der Waals surface area contributed by atoms with Crippen LogP contribution in [0.4, 0.5) is 4.39 Å². The highest BCUT2D eigenvalue weighted by Crippen LogP contribution is 2.24. The Bertz CT molecular complexity index is 591. The zero-order valence-electron chi connectivity index (χ0n) is 10.2. The molecule has 0 saturated carbocycles. The molecule has 0 aliphatic carbocycles. The Hall–Kier alpha value is -2.16. The Kier molecular flexibility index (Phi) is 3.42. The average molecular weight is 244 g/mol. The van der Waals surface area contributed by atoms with E-state index >= 15 is 0 Å². The van der Waals surface area contributed by atoms with E-state index in [2.05, 4.69) is 0 Å². The van der Waals surface area contributed by atoms with Crippen molar-refractivity contribution in [3.63, 3.8) is 0 Å². The summed E-state index contributed by atoms with van der Waals surface area (Å²) in [4.78, 5) is 12.3. The maximum Gasteiger partial charge on any atom is 0.199 e. The number of ketones is 1. The summed E-state index contributed by atoms with van der Waals surface area (Å²) in [5, 5.41) is 0. The van der Waals surface area contributed by atoms with Crippen LogP contribution in [0.25, 0.3) is 0 Å². The van der Waals surface area contributed by atoms with Crippen LogP contribution in [-0.4, -0.2) is 12.9 Å². The Morgan fingerprint density at radius 2 is 1.89 bits per heavy atom. The van der Waals surface area contributed by atoms with Gasteiger partial charge in [0.15, 0.2) is 5.78 Å². The fourth-order valence-electron chi connectivity index (χ4n) is 1.83.